The van der Waals surface area contributed by atoms with Crippen LogP contribution in [0.25, 0.3) is 11.3 Å². The second-order valence-electron chi connectivity index (χ2n) is 10.1. The lowest BCUT2D eigenvalue weighted by Crippen LogP contribution is -2.37. The first kappa shape index (κ1) is 25.2. The number of hydrogen-bond donors (Lipinski definition) is 1. The van der Waals surface area contributed by atoms with Gasteiger partial charge in [0.05, 0.1) is 31.0 Å². The van der Waals surface area contributed by atoms with Crippen molar-refractivity contribution in [2.75, 3.05) is 20.3 Å². The van der Waals surface area contributed by atoms with Crippen molar-refractivity contribution in [2.45, 2.75) is 57.9 Å². The largest absolute Gasteiger partial charge is 0.497 e. The normalized spacial score (nSPS) is 14.8. The molecule has 1 aliphatic carbocycles. The van der Waals surface area contributed by atoms with Crippen LogP contribution in [0.3, 0.4) is 0 Å². The summed E-state index contributed by atoms with van der Waals surface area (Å²) in [7, 11) is 3.54. The number of methoxy groups -OCH3 is 1. The molecule has 2 aromatic carbocycles. The lowest BCUT2D eigenvalue weighted by atomic mass is 10.1. The molecule has 1 fully saturated rings. The molecule has 0 aliphatic heterocycles. The molecule has 1 heterocycles. The average Bonchev–Trinajstić information content (AvgIpc) is 3.64. The highest BCUT2D eigenvalue weighted by atomic mass is 16.5. The number of aromatic nitrogens is 2. The third-order valence-corrected chi connectivity index (χ3v) is 5.97. The Hall–Kier alpha value is -2.87. The first-order valence-electron chi connectivity index (χ1n) is 12.2. The number of rotatable bonds is 11. The number of benzene rings is 2. The summed E-state index contributed by atoms with van der Waals surface area (Å²) >= 11 is 0. The summed E-state index contributed by atoms with van der Waals surface area (Å²) in [5.74, 6) is 2.10. The van der Waals surface area contributed by atoms with Gasteiger partial charge in [0.25, 0.3) is 0 Å². The van der Waals surface area contributed by atoms with E-state index in [4.69, 9.17) is 19.3 Å². The Kier molecular flexibility index (Phi) is 7.79. The molecule has 1 saturated carbocycles. The molecule has 0 radical (unpaired) electrons. The number of aliphatic hydroxyl groups is 1. The Morgan fingerprint density at radius 2 is 1.80 bits per heavy atom. The van der Waals surface area contributed by atoms with E-state index < -0.39 is 6.10 Å². The monoisotopic (exact) mass is 479 g/mol. The van der Waals surface area contributed by atoms with Gasteiger partial charge >= 0.3 is 0 Å². The van der Waals surface area contributed by atoms with Gasteiger partial charge in [-0.2, -0.15) is 5.10 Å². The van der Waals surface area contributed by atoms with Crippen LogP contribution in [0.2, 0.25) is 0 Å². The van der Waals surface area contributed by atoms with Gasteiger partial charge in [0.2, 0.25) is 5.88 Å². The van der Waals surface area contributed by atoms with Gasteiger partial charge in [-0.05, 0) is 45.7 Å². The minimum Gasteiger partial charge on any atom is -0.497 e. The predicted molar refractivity (Wildman–Crippen MR) is 137 cm³/mol. The summed E-state index contributed by atoms with van der Waals surface area (Å²) in [4.78, 5) is 2.33. The van der Waals surface area contributed by atoms with Crippen molar-refractivity contribution in [3.8, 4) is 28.6 Å². The van der Waals surface area contributed by atoms with Gasteiger partial charge in [-0.1, -0.05) is 36.4 Å². The van der Waals surface area contributed by atoms with Gasteiger partial charge in [-0.3, -0.25) is 4.90 Å². The van der Waals surface area contributed by atoms with E-state index in [1.807, 2.05) is 70.3 Å². The maximum Gasteiger partial charge on any atom is 0.222 e. The maximum atomic E-state index is 10.8. The van der Waals surface area contributed by atoms with Crippen molar-refractivity contribution in [3.63, 3.8) is 0 Å². The molecule has 1 aromatic heterocycles. The van der Waals surface area contributed by atoms with Crippen molar-refractivity contribution in [2.24, 2.45) is 7.05 Å². The van der Waals surface area contributed by atoms with Crippen molar-refractivity contribution < 1.29 is 19.3 Å². The Labute approximate surface area is 208 Å². The molecular formula is C28H37N3O4. The summed E-state index contributed by atoms with van der Waals surface area (Å²) < 4.78 is 19.4. The zero-order valence-electron chi connectivity index (χ0n) is 21.4. The minimum atomic E-state index is -0.575. The highest BCUT2D eigenvalue weighted by Gasteiger charge is 2.33. The first-order chi connectivity index (χ1) is 16.7. The molecular weight excluding hydrogens is 442 g/mol. The average molecular weight is 480 g/mol. The van der Waals surface area contributed by atoms with E-state index in [2.05, 4.69) is 17.0 Å². The molecule has 3 aromatic rings. The number of aliphatic hydroxyl groups excluding tert-OH is 1. The third kappa shape index (κ3) is 6.84. The molecule has 0 unspecified atom stereocenters. The second kappa shape index (κ2) is 10.8. The van der Waals surface area contributed by atoms with Gasteiger partial charge in [-0.25, -0.2) is 4.68 Å². The summed E-state index contributed by atoms with van der Waals surface area (Å²) in [5.41, 5.74) is 2.63. The van der Waals surface area contributed by atoms with E-state index in [1.54, 1.807) is 11.8 Å². The van der Waals surface area contributed by atoms with Crippen LogP contribution < -0.4 is 9.47 Å². The van der Waals surface area contributed by atoms with Crippen LogP contribution in [0.15, 0.2) is 54.6 Å². The standard InChI is InChI=1S/C28H37N3O4/c1-28(2,3)34-19-22(32)17-31(21-14-15-21)18-25-26(20-10-7-6-8-11-20)29-30(4)27(25)35-24-13-9-12-23(16-24)33-5/h6-13,16,21-22,32H,14-15,17-19H2,1-5H3/t22-/m0/s1. The lowest BCUT2D eigenvalue weighted by Gasteiger charge is -2.27. The van der Waals surface area contributed by atoms with Crippen LogP contribution in [-0.2, 0) is 18.3 Å². The summed E-state index contributed by atoms with van der Waals surface area (Å²) in [5, 5.41) is 15.6. The van der Waals surface area contributed by atoms with Crippen LogP contribution in [0, 0.1) is 0 Å². The van der Waals surface area contributed by atoms with Crippen molar-refractivity contribution in [1.29, 1.82) is 0 Å². The van der Waals surface area contributed by atoms with Gasteiger partial charge < -0.3 is 19.3 Å². The van der Waals surface area contributed by atoms with E-state index in [9.17, 15) is 5.11 Å². The van der Waals surface area contributed by atoms with E-state index >= 15 is 0 Å². The molecule has 0 saturated heterocycles. The Balaban J connectivity index is 1.64. The van der Waals surface area contributed by atoms with Crippen LogP contribution in [0.5, 0.6) is 17.4 Å². The summed E-state index contributed by atoms with van der Waals surface area (Å²) in [6, 6.07) is 18.2. The van der Waals surface area contributed by atoms with E-state index in [-0.39, 0.29) is 5.60 Å². The first-order valence-corrected chi connectivity index (χ1v) is 12.2. The number of hydrogen-bond acceptors (Lipinski definition) is 6. The fourth-order valence-corrected chi connectivity index (χ4v) is 4.08. The van der Waals surface area contributed by atoms with E-state index in [0.29, 0.717) is 37.4 Å². The maximum absolute atomic E-state index is 10.8. The van der Waals surface area contributed by atoms with E-state index in [1.165, 1.54) is 0 Å². The van der Waals surface area contributed by atoms with Gasteiger partial charge in [0.1, 0.15) is 17.2 Å². The van der Waals surface area contributed by atoms with Crippen LogP contribution in [-0.4, -0.2) is 57.8 Å². The topological polar surface area (TPSA) is 69.0 Å². The molecule has 7 heteroatoms. The van der Waals surface area contributed by atoms with Crippen LogP contribution in [0.1, 0.15) is 39.2 Å². The molecule has 7 nitrogen and oxygen atoms in total. The SMILES string of the molecule is COc1cccc(Oc2c(CN(C[C@H](O)COC(C)(C)C)C3CC3)c(-c3ccccc3)nn2C)c1. The number of nitrogens with zero attached hydrogens (tertiary/aromatic N) is 3. The Morgan fingerprint density at radius 1 is 1.09 bits per heavy atom. The molecule has 1 aliphatic rings. The number of aryl methyl sites for hydroxylation is 1. The zero-order chi connectivity index (χ0) is 25.0. The van der Waals surface area contributed by atoms with Crippen LogP contribution >= 0.6 is 0 Å². The summed E-state index contributed by atoms with van der Waals surface area (Å²) in [6.07, 6.45) is 1.68. The predicted octanol–water partition coefficient (Wildman–Crippen LogP) is 5.03. The molecule has 0 spiro atoms. The van der Waals surface area contributed by atoms with E-state index in [0.717, 1.165) is 35.4 Å². The highest BCUT2D eigenvalue weighted by Crippen LogP contribution is 2.37. The highest BCUT2D eigenvalue weighted by molar-refractivity contribution is 5.65. The van der Waals surface area contributed by atoms with Gasteiger partial charge in [0.15, 0.2) is 0 Å². The Morgan fingerprint density at radius 3 is 2.46 bits per heavy atom. The van der Waals surface area contributed by atoms with Crippen molar-refractivity contribution >= 4 is 0 Å². The molecule has 35 heavy (non-hydrogen) atoms. The molecule has 1 atom stereocenters. The molecule has 0 bridgehead atoms. The van der Waals surface area contributed by atoms with Gasteiger partial charge in [0, 0.05) is 37.8 Å². The molecule has 188 valence electrons. The third-order valence-electron chi connectivity index (χ3n) is 5.97. The van der Waals surface area contributed by atoms with Gasteiger partial charge in [-0.15, -0.1) is 0 Å². The zero-order valence-corrected chi connectivity index (χ0v) is 21.4. The smallest absolute Gasteiger partial charge is 0.222 e. The fraction of sp³-hybridized carbons (Fsp3) is 0.464. The molecule has 4 rings (SSSR count). The van der Waals surface area contributed by atoms with Crippen molar-refractivity contribution in [1.82, 2.24) is 14.7 Å². The minimum absolute atomic E-state index is 0.285. The van der Waals surface area contributed by atoms with Crippen molar-refractivity contribution in [3.05, 3.63) is 60.2 Å². The molecule has 1 N–H and O–H groups in total. The van der Waals surface area contributed by atoms with Crippen LogP contribution in [0.4, 0.5) is 0 Å². The lowest BCUT2D eigenvalue weighted by molar-refractivity contribution is -0.0572. The fourth-order valence-electron chi connectivity index (χ4n) is 4.08. The number of ether oxygens (including phenoxy) is 3. The second-order valence-corrected chi connectivity index (χ2v) is 10.1. The summed E-state index contributed by atoms with van der Waals surface area (Å²) in [6.45, 7) is 7.46. The molecule has 0 amide bonds. The Bertz CT molecular complexity index is 1100. The quantitative estimate of drug-likeness (QED) is 0.416.